The van der Waals surface area contributed by atoms with Crippen LogP contribution in [0.5, 0.6) is 5.75 Å². The molecule has 41 heavy (non-hydrogen) atoms. The molecule has 8 rings (SSSR count). The van der Waals surface area contributed by atoms with Gasteiger partial charge in [0.05, 0.1) is 0 Å². The minimum absolute atomic E-state index is 0.122. The largest absolute Gasteiger partial charge is 0.507 e. The van der Waals surface area contributed by atoms with Crippen LogP contribution in [-0.4, -0.2) is 18.2 Å². The first-order chi connectivity index (χ1) is 20.0. The van der Waals surface area contributed by atoms with Crippen LogP contribution in [0.4, 0.5) is 0 Å². The van der Waals surface area contributed by atoms with Gasteiger partial charge in [-0.1, -0.05) is 50.3 Å². The molecule has 7 unspecified atom stereocenters. The van der Waals surface area contributed by atoms with Crippen molar-refractivity contribution in [1.29, 1.82) is 0 Å². The summed E-state index contributed by atoms with van der Waals surface area (Å²) >= 11 is 0. The highest BCUT2D eigenvalue weighted by molar-refractivity contribution is 5.54. The number of unbranched alkanes of at least 4 members (excludes halogenated alkanes) is 1. The lowest BCUT2D eigenvalue weighted by Gasteiger charge is -2.43. The van der Waals surface area contributed by atoms with E-state index >= 15 is 0 Å². The predicted octanol–water partition coefficient (Wildman–Crippen LogP) is 8.21. The fourth-order valence-electron chi connectivity index (χ4n) is 10.6. The van der Waals surface area contributed by atoms with Gasteiger partial charge in [0.25, 0.3) is 0 Å². The molecule has 6 aliphatic carbocycles. The van der Waals surface area contributed by atoms with Crippen LogP contribution >= 0.6 is 0 Å². The third-order valence-electron chi connectivity index (χ3n) is 13.1. The fraction of sp³-hybridized carbons (Fsp3) is 0.641. The first-order valence-corrected chi connectivity index (χ1v) is 17.3. The second-order valence-electron chi connectivity index (χ2n) is 15.4. The second-order valence-corrected chi connectivity index (χ2v) is 15.4. The average molecular weight is 550 g/mol. The van der Waals surface area contributed by atoms with Crippen molar-refractivity contribution >= 4 is 0 Å². The van der Waals surface area contributed by atoms with Crippen LogP contribution in [-0.2, 0) is 37.5 Å². The highest BCUT2D eigenvalue weighted by Gasteiger charge is 2.57. The van der Waals surface area contributed by atoms with E-state index in [0.29, 0.717) is 11.7 Å². The Morgan fingerprint density at radius 3 is 2.56 bits per heavy atom. The molecule has 0 heterocycles. The molecule has 0 bridgehead atoms. The molecule has 0 amide bonds. The molecule has 7 atom stereocenters. The number of benzene rings is 2. The molecule has 0 aliphatic heterocycles. The Morgan fingerprint density at radius 2 is 1.76 bits per heavy atom. The lowest BCUT2D eigenvalue weighted by atomic mass is 9.61. The first kappa shape index (κ1) is 26.6. The first-order valence-electron chi connectivity index (χ1n) is 17.3. The van der Waals surface area contributed by atoms with Crippen LogP contribution in [0, 0.1) is 35.5 Å². The van der Waals surface area contributed by atoms with Crippen molar-refractivity contribution in [3.05, 3.63) is 75.4 Å². The molecule has 2 N–H and O–H groups in total. The maximum Gasteiger partial charge on any atom is 0.122 e. The van der Waals surface area contributed by atoms with Gasteiger partial charge < -0.3 is 10.4 Å². The zero-order chi connectivity index (χ0) is 27.9. The summed E-state index contributed by atoms with van der Waals surface area (Å²) < 4.78 is 0. The summed E-state index contributed by atoms with van der Waals surface area (Å²) in [4.78, 5) is 0. The quantitative estimate of drug-likeness (QED) is 0.231. The Labute approximate surface area is 248 Å². The minimum atomic E-state index is 0.122. The number of fused-ring (bicyclic) bond motifs is 2. The van der Waals surface area contributed by atoms with Gasteiger partial charge in [0.15, 0.2) is 0 Å². The van der Waals surface area contributed by atoms with E-state index in [1.807, 2.05) is 0 Å². The Hall–Kier alpha value is -2.06. The van der Waals surface area contributed by atoms with Crippen LogP contribution in [0.15, 0.2) is 36.4 Å². The van der Waals surface area contributed by atoms with Gasteiger partial charge in [-0.2, -0.15) is 0 Å². The maximum absolute atomic E-state index is 11.8. The molecule has 2 nitrogen and oxygen atoms in total. The van der Waals surface area contributed by atoms with Crippen LogP contribution < -0.4 is 5.32 Å². The summed E-state index contributed by atoms with van der Waals surface area (Å²) in [6.07, 6.45) is 16.1. The van der Waals surface area contributed by atoms with Crippen molar-refractivity contribution in [3.63, 3.8) is 0 Å². The van der Waals surface area contributed by atoms with E-state index < -0.39 is 0 Å². The molecule has 0 spiro atoms. The Kier molecular flexibility index (Phi) is 6.48. The lowest BCUT2D eigenvalue weighted by Crippen LogP contribution is -2.43. The van der Waals surface area contributed by atoms with E-state index in [9.17, 15) is 5.11 Å². The normalized spacial score (nSPS) is 34.2. The van der Waals surface area contributed by atoms with E-state index in [-0.39, 0.29) is 5.41 Å². The zero-order valence-electron chi connectivity index (χ0n) is 25.6. The topological polar surface area (TPSA) is 32.3 Å². The van der Waals surface area contributed by atoms with Gasteiger partial charge in [-0.15, -0.1) is 0 Å². The number of phenolic OH excluding ortho intramolecular Hbond substituents is 1. The number of aryl methyl sites for hydroxylation is 2. The zero-order valence-corrected chi connectivity index (χ0v) is 25.6. The smallest absolute Gasteiger partial charge is 0.122 e. The Balaban J connectivity index is 0.979. The number of nitrogens with one attached hydrogen (secondary N) is 1. The third kappa shape index (κ3) is 4.29. The fourth-order valence-corrected chi connectivity index (χ4v) is 10.6. The summed E-state index contributed by atoms with van der Waals surface area (Å²) in [5, 5.41) is 15.7. The van der Waals surface area contributed by atoms with Crippen molar-refractivity contribution in [2.75, 3.05) is 13.1 Å². The monoisotopic (exact) mass is 549 g/mol. The highest BCUT2D eigenvalue weighted by Crippen LogP contribution is 2.62. The number of hydrogen-bond acceptors (Lipinski definition) is 2. The van der Waals surface area contributed by atoms with Gasteiger partial charge in [0.1, 0.15) is 5.75 Å². The summed E-state index contributed by atoms with van der Waals surface area (Å²) in [6.45, 7) is 11.6. The Morgan fingerprint density at radius 1 is 0.976 bits per heavy atom. The third-order valence-corrected chi connectivity index (χ3v) is 13.1. The van der Waals surface area contributed by atoms with Crippen molar-refractivity contribution in [1.82, 2.24) is 5.32 Å². The number of phenols is 1. The van der Waals surface area contributed by atoms with Gasteiger partial charge in [-0.3, -0.25) is 0 Å². The van der Waals surface area contributed by atoms with E-state index in [0.717, 1.165) is 67.9 Å². The summed E-state index contributed by atoms with van der Waals surface area (Å²) in [5.74, 6) is 6.27. The average Bonchev–Trinajstić information content (AvgIpc) is 3.90. The number of hydrogen-bond donors (Lipinski definition) is 2. The van der Waals surface area contributed by atoms with E-state index in [4.69, 9.17) is 0 Å². The summed E-state index contributed by atoms with van der Waals surface area (Å²) in [7, 11) is 0. The van der Waals surface area contributed by atoms with E-state index in [1.165, 1.54) is 86.5 Å². The molecule has 6 aliphatic rings. The number of allylic oxidation sites excluding steroid dienone is 1. The molecule has 0 saturated heterocycles. The van der Waals surface area contributed by atoms with Gasteiger partial charge in [-0.05, 0) is 165 Å². The Bertz CT molecular complexity index is 1370. The summed E-state index contributed by atoms with van der Waals surface area (Å²) in [5.41, 5.74) is 12.3. The second kappa shape index (κ2) is 10.0. The van der Waals surface area contributed by atoms with Crippen LogP contribution in [0.1, 0.15) is 110 Å². The van der Waals surface area contributed by atoms with Gasteiger partial charge in [0.2, 0.25) is 0 Å². The molecule has 0 aromatic heterocycles. The van der Waals surface area contributed by atoms with Crippen LogP contribution in [0.3, 0.4) is 0 Å². The van der Waals surface area contributed by atoms with Crippen LogP contribution in [0.2, 0.25) is 0 Å². The SMILES string of the molecule is C=C1CCC2C(C)Cc3ccc(CCCCc4ccc5c(c4O)C(CC)(CNCC4CC4)C4CC4C5)c4c3C2C1C4. The van der Waals surface area contributed by atoms with Gasteiger partial charge >= 0.3 is 0 Å². The minimum Gasteiger partial charge on any atom is -0.507 e. The van der Waals surface area contributed by atoms with E-state index in [2.05, 4.69) is 50.0 Å². The molecular formula is C39H51NO. The van der Waals surface area contributed by atoms with Crippen molar-refractivity contribution < 1.29 is 5.11 Å². The maximum atomic E-state index is 11.8. The predicted molar refractivity (Wildman–Crippen MR) is 169 cm³/mol. The van der Waals surface area contributed by atoms with Crippen molar-refractivity contribution in [2.45, 2.75) is 109 Å². The summed E-state index contributed by atoms with van der Waals surface area (Å²) in [6, 6.07) is 9.63. The van der Waals surface area contributed by atoms with Gasteiger partial charge in [-0.25, -0.2) is 0 Å². The molecule has 2 heteroatoms. The standard InChI is InChI=1S/C39H51NO/c1-4-39(22-40-21-25-10-11-25)34-19-30(34)18-29-15-13-27(38(41)37(29)39)8-6-5-7-26-12-14-28-17-24(3)31-16-9-23(2)32-20-33(26)35(28)36(31)32/h12-15,24-25,30-32,34,36,40-41H,2,4-11,16-22H2,1,3H3. The highest BCUT2D eigenvalue weighted by atomic mass is 16.3. The van der Waals surface area contributed by atoms with Gasteiger partial charge in [0, 0.05) is 17.5 Å². The van der Waals surface area contributed by atoms with Crippen molar-refractivity contribution in [3.8, 4) is 5.75 Å². The molecule has 3 fully saturated rings. The molecule has 2 aromatic carbocycles. The van der Waals surface area contributed by atoms with Crippen molar-refractivity contribution in [2.24, 2.45) is 35.5 Å². The molecule has 3 saturated carbocycles. The number of aromatic hydroxyl groups is 1. The number of rotatable bonds is 10. The van der Waals surface area contributed by atoms with E-state index in [1.54, 1.807) is 22.3 Å². The molecule has 0 radical (unpaired) electrons. The lowest BCUT2D eigenvalue weighted by molar-refractivity contribution is 0.201. The molecule has 218 valence electrons. The molecular weight excluding hydrogens is 498 g/mol. The molecule has 2 aromatic rings. The van der Waals surface area contributed by atoms with Crippen LogP contribution in [0.25, 0.3) is 0 Å².